The van der Waals surface area contributed by atoms with E-state index >= 15 is 0 Å². The topological polar surface area (TPSA) is 70.9 Å². The lowest BCUT2D eigenvalue weighted by molar-refractivity contribution is 0.0997. The van der Waals surface area contributed by atoms with Crippen molar-refractivity contribution >= 4 is 34.3 Å². The van der Waals surface area contributed by atoms with Gasteiger partial charge in [-0.1, -0.05) is 11.6 Å². The third-order valence-corrected chi connectivity index (χ3v) is 3.82. The van der Waals surface area contributed by atoms with Crippen LogP contribution in [0.25, 0.3) is 11.0 Å². The molecule has 0 fully saturated rings. The van der Waals surface area contributed by atoms with E-state index in [4.69, 9.17) is 16.0 Å². The molecule has 5 nitrogen and oxygen atoms in total. The molecule has 0 saturated carbocycles. The standard InChI is InChI=1S/C15H14ClN3O2/c1-7-9(3)18-19-14(7)17-15(20)13-8(2)11-6-10(16)4-5-12(11)21-13/h4-6H,1-3H3,(H2,17,18,19,20). The highest BCUT2D eigenvalue weighted by Gasteiger charge is 2.19. The molecule has 2 aromatic heterocycles. The van der Waals surface area contributed by atoms with Gasteiger partial charge in [0.2, 0.25) is 0 Å². The van der Waals surface area contributed by atoms with Crippen molar-refractivity contribution in [1.29, 1.82) is 0 Å². The number of fused-ring (bicyclic) bond motifs is 1. The fourth-order valence-electron chi connectivity index (χ4n) is 2.18. The van der Waals surface area contributed by atoms with Crippen LogP contribution < -0.4 is 5.32 Å². The van der Waals surface area contributed by atoms with Crippen molar-refractivity contribution in [3.8, 4) is 0 Å². The van der Waals surface area contributed by atoms with Gasteiger partial charge in [-0.05, 0) is 39.0 Å². The maximum absolute atomic E-state index is 12.4. The minimum absolute atomic E-state index is 0.271. The first kappa shape index (κ1) is 13.7. The van der Waals surface area contributed by atoms with Gasteiger partial charge in [0.15, 0.2) is 11.6 Å². The maximum atomic E-state index is 12.4. The van der Waals surface area contributed by atoms with Crippen molar-refractivity contribution in [1.82, 2.24) is 10.2 Å². The number of hydrogen-bond donors (Lipinski definition) is 2. The second kappa shape index (κ2) is 4.93. The number of halogens is 1. The number of aromatic nitrogens is 2. The molecule has 0 aliphatic heterocycles. The van der Waals surface area contributed by atoms with E-state index in [1.165, 1.54) is 0 Å². The van der Waals surface area contributed by atoms with E-state index in [-0.39, 0.29) is 11.7 Å². The molecular weight excluding hydrogens is 290 g/mol. The Kier molecular flexibility index (Phi) is 3.22. The van der Waals surface area contributed by atoms with E-state index in [0.717, 1.165) is 22.2 Å². The zero-order valence-electron chi connectivity index (χ0n) is 11.9. The van der Waals surface area contributed by atoms with Crippen LogP contribution >= 0.6 is 11.6 Å². The number of aryl methyl sites for hydroxylation is 2. The first-order valence-electron chi connectivity index (χ1n) is 6.49. The van der Waals surface area contributed by atoms with Gasteiger partial charge in [0.05, 0.1) is 0 Å². The number of rotatable bonds is 2. The fraction of sp³-hybridized carbons (Fsp3) is 0.200. The number of benzene rings is 1. The number of carbonyl (C=O) groups is 1. The van der Waals surface area contributed by atoms with Crippen LogP contribution in [-0.4, -0.2) is 16.1 Å². The number of nitrogens with zero attached hydrogens (tertiary/aromatic N) is 1. The highest BCUT2D eigenvalue weighted by molar-refractivity contribution is 6.31. The average molecular weight is 304 g/mol. The lowest BCUT2D eigenvalue weighted by Crippen LogP contribution is -2.13. The summed E-state index contributed by atoms with van der Waals surface area (Å²) in [6.45, 7) is 5.62. The van der Waals surface area contributed by atoms with Crippen molar-refractivity contribution in [3.63, 3.8) is 0 Å². The minimum atomic E-state index is -0.325. The van der Waals surface area contributed by atoms with Crippen molar-refractivity contribution in [2.45, 2.75) is 20.8 Å². The van der Waals surface area contributed by atoms with E-state index in [1.807, 2.05) is 20.8 Å². The Bertz CT molecular complexity index is 848. The molecule has 1 amide bonds. The van der Waals surface area contributed by atoms with Gasteiger partial charge in [0.25, 0.3) is 5.91 Å². The van der Waals surface area contributed by atoms with Crippen LogP contribution in [0.1, 0.15) is 27.4 Å². The molecule has 3 rings (SSSR count). The molecule has 2 heterocycles. The summed E-state index contributed by atoms with van der Waals surface area (Å²) < 4.78 is 5.63. The second-order valence-corrected chi connectivity index (χ2v) is 5.41. The first-order valence-corrected chi connectivity index (χ1v) is 6.86. The molecule has 108 valence electrons. The number of carbonyl (C=O) groups excluding carboxylic acids is 1. The summed E-state index contributed by atoms with van der Waals surface area (Å²) in [7, 11) is 0. The molecule has 0 aliphatic carbocycles. The van der Waals surface area contributed by atoms with Crippen molar-refractivity contribution in [3.05, 3.63) is 45.8 Å². The minimum Gasteiger partial charge on any atom is -0.451 e. The predicted molar refractivity (Wildman–Crippen MR) is 82.0 cm³/mol. The summed E-state index contributed by atoms with van der Waals surface area (Å²) in [6, 6.07) is 5.28. The van der Waals surface area contributed by atoms with Crippen LogP contribution in [0.5, 0.6) is 0 Å². The van der Waals surface area contributed by atoms with Gasteiger partial charge in [-0.25, -0.2) is 0 Å². The Morgan fingerprint density at radius 2 is 2.05 bits per heavy atom. The molecular formula is C15H14ClN3O2. The van der Waals surface area contributed by atoms with Crippen LogP contribution in [0.4, 0.5) is 5.82 Å². The van der Waals surface area contributed by atoms with Crippen molar-refractivity contribution in [2.75, 3.05) is 5.32 Å². The number of hydrogen-bond acceptors (Lipinski definition) is 3. The largest absolute Gasteiger partial charge is 0.451 e. The number of anilines is 1. The normalized spacial score (nSPS) is 11.0. The number of nitrogens with one attached hydrogen (secondary N) is 2. The molecule has 0 aliphatic rings. The summed E-state index contributed by atoms with van der Waals surface area (Å²) in [5.41, 5.74) is 3.21. The third-order valence-electron chi connectivity index (χ3n) is 3.59. The Balaban J connectivity index is 1.98. The van der Waals surface area contributed by atoms with Gasteiger partial charge in [0.1, 0.15) is 5.58 Å². The lowest BCUT2D eigenvalue weighted by atomic mass is 10.1. The molecule has 0 saturated heterocycles. The molecule has 0 spiro atoms. The SMILES string of the molecule is Cc1[nH]nc(NC(=O)c2oc3ccc(Cl)cc3c2C)c1C. The van der Waals surface area contributed by atoms with Crippen molar-refractivity contribution < 1.29 is 9.21 Å². The molecule has 3 aromatic rings. The molecule has 0 bridgehead atoms. The Morgan fingerprint density at radius 3 is 2.71 bits per heavy atom. The number of amides is 1. The van der Waals surface area contributed by atoms with E-state index in [2.05, 4.69) is 15.5 Å². The van der Waals surface area contributed by atoms with Crippen LogP contribution in [0.3, 0.4) is 0 Å². The molecule has 0 unspecified atom stereocenters. The number of aromatic amines is 1. The highest BCUT2D eigenvalue weighted by Crippen LogP contribution is 2.28. The van der Waals surface area contributed by atoms with E-state index in [9.17, 15) is 4.79 Å². The quantitative estimate of drug-likeness (QED) is 0.752. The van der Waals surface area contributed by atoms with E-state index in [1.54, 1.807) is 18.2 Å². The average Bonchev–Trinajstić information content (AvgIpc) is 2.94. The van der Waals surface area contributed by atoms with Crippen LogP contribution in [0.2, 0.25) is 5.02 Å². The van der Waals surface area contributed by atoms with Crippen LogP contribution in [0, 0.1) is 20.8 Å². The monoisotopic (exact) mass is 303 g/mol. The highest BCUT2D eigenvalue weighted by atomic mass is 35.5. The van der Waals surface area contributed by atoms with Gasteiger partial charge >= 0.3 is 0 Å². The smallest absolute Gasteiger partial charge is 0.292 e. The van der Waals surface area contributed by atoms with Gasteiger partial charge in [-0.15, -0.1) is 0 Å². The predicted octanol–water partition coefficient (Wildman–Crippen LogP) is 3.99. The Labute approximate surface area is 126 Å². The fourth-order valence-corrected chi connectivity index (χ4v) is 2.35. The van der Waals surface area contributed by atoms with E-state index in [0.29, 0.717) is 16.4 Å². The van der Waals surface area contributed by atoms with Gasteiger partial charge < -0.3 is 9.73 Å². The van der Waals surface area contributed by atoms with Crippen molar-refractivity contribution in [2.24, 2.45) is 0 Å². The molecule has 0 radical (unpaired) electrons. The molecule has 2 N–H and O–H groups in total. The van der Waals surface area contributed by atoms with Crippen LogP contribution in [-0.2, 0) is 0 Å². The summed E-state index contributed by atoms with van der Waals surface area (Å²) in [4.78, 5) is 12.4. The lowest BCUT2D eigenvalue weighted by Gasteiger charge is -2.01. The Hall–Kier alpha value is -2.27. The summed E-state index contributed by atoms with van der Waals surface area (Å²) in [5.74, 6) is 0.456. The first-order chi connectivity index (χ1) is 9.97. The molecule has 6 heteroatoms. The molecule has 0 atom stereocenters. The van der Waals surface area contributed by atoms with Gasteiger partial charge in [0, 0.05) is 27.2 Å². The summed E-state index contributed by atoms with van der Waals surface area (Å²) in [5, 5.41) is 11.1. The zero-order chi connectivity index (χ0) is 15.1. The van der Waals surface area contributed by atoms with E-state index < -0.39 is 0 Å². The zero-order valence-corrected chi connectivity index (χ0v) is 12.6. The summed E-state index contributed by atoms with van der Waals surface area (Å²) >= 11 is 5.98. The molecule has 1 aromatic carbocycles. The Morgan fingerprint density at radius 1 is 1.29 bits per heavy atom. The number of H-pyrrole nitrogens is 1. The van der Waals surface area contributed by atoms with Crippen LogP contribution in [0.15, 0.2) is 22.6 Å². The number of furan rings is 1. The second-order valence-electron chi connectivity index (χ2n) is 4.97. The maximum Gasteiger partial charge on any atom is 0.292 e. The summed E-state index contributed by atoms with van der Waals surface area (Å²) in [6.07, 6.45) is 0. The molecule has 21 heavy (non-hydrogen) atoms. The van der Waals surface area contributed by atoms with Gasteiger partial charge in [-0.2, -0.15) is 5.10 Å². The third kappa shape index (κ3) is 2.29. The van der Waals surface area contributed by atoms with Gasteiger partial charge in [-0.3, -0.25) is 9.89 Å².